The predicted molar refractivity (Wildman–Crippen MR) is 109 cm³/mol. The van der Waals surface area contributed by atoms with Crippen molar-refractivity contribution in [3.8, 4) is 0 Å². The lowest BCUT2D eigenvalue weighted by atomic mass is 9.90. The number of aliphatic carboxylic acids is 1. The molecule has 164 valence electrons. The maximum absolute atomic E-state index is 12.7. The maximum atomic E-state index is 12.7. The van der Waals surface area contributed by atoms with Crippen molar-refractivity contribution in [2.75, 3.05) is 19.7 Å². The molecule has 4 N–H and O–H groups in total. The number of carbonyl (C=O) groups is 3. The van der Waals surface area contributed by atoms with E-state index in [1.165, 1.54) is 6.21 Å². The molecule has 2 unspecified atom stereocenters. The largest absolute Gasteiger partial charge is 0.479 e. The number of benzene rings is 1. The number of rotatable bonds is 9. The van der Waals surface area contributed by atoms with Gasteiger partial charge in [-0.05, 0) is 50.3 Å². The number of amides is 2. The van der Waals surface area contributed by atoms with Crippen molar-refractivity contribution in [2.24, 2.45) is 17.0 Å². The second-order valence-electron chi connectivity index (χ2n) is 7.03. The molecular weight excluding hydrogens is 392 g/mol. The molecule has 30 heavy (non-hydrogen) atoms. The fourth-order valence-corrected chi connectivity index (χ4v) is 3.44. The number of oxime groups is 1. The lowest BCUT2D eigenvalue weighted by Crippen LogP contribution is -2.50. The molecule has 1 aromatic carbocycles. The highest BCUT2D eigenvalue weighted by Gasteiger charge is 2.34. The third-order valence-electron chi connectivity index (χ3n) is 5.02. The number of nitrogens with two attached hydrogens (primary N) is 1. The molecule has 10 heteroatoms. The summed E-state index contributed by atoms with van der Waals surface area (Å²) in [6, 6.07) is 5.85. The standard InChI is InChI=1S/C20H28N4O6/c1-3-29-17(20(27)28)15-8-10-24(11-9-15)19(26)13(2)23-18(25)16-6-4-14(5-7-16)12-22-30-21/h4-7,12-13,15,17H,3,8-11,21H2,1-2H3,(H,23,25)(H,27,28)/b22-12-. The molecule has 0 radical (unpaired) electrons. The molecule has 0 aliphatic carbocycles. The molecule has 1 fully saturated rings. The third kappa shape index (κ3) is 6.26. The van der Waals surface area contributed by atoms with Gasteiger partial charge >= 0.3 is 5.97 Å². The summed E-state index contributed by atoms with van der Waals surface area (Å²) in [4.78, 5) is 42.2. The second kappa shape index (κ2) is 11.3. The van der Waals surface area contributed by atoms with Crippen LogP contribution in [0.15, 0.2) is 29.4 Å². The second-order valence-corrected chi connectivity index (χ2v) is 7.03. The molecule has 2 rings (SSSR count). The smallest absolute Gasteiger partial charge is 0.333 e. The predicted octanol–water partition coefficient (Wildman–Crippen LogP) is 0.757. The summed E-state index contributed by atoms with van der Waals surface area (Å²) in [6.45, 7) is 4.57. The number of likely N-dealkylation sites (tertiary alicyclic amines) is 1. The number of piperidine rings is 1. The van der Waals surface area contributed by atoms with Gasteiger partial charge in [-0.15, -0.1) is 5.90 Å². The van der Waals surface area contributed by atoms with Crippen molar-refractivity contribution in [3.63, 3.8) is 0 Å². The van der Waals surface area contributed by atoms with Gasteiger partial charge in [0.2, 0.25) is 5.91 Å². The van der Waals surface area contributed by atoms with Gasteiger partial charge < -0.3 is 25.0 Å². The number of hydrogen-bond acceptors (Lipinski definition) is 7. The first-order chi connectivity index (χ1) is 14.4. The number of nitrogens with one attached hydrogen (secondary N) is 1. The molecule has 1 heterocycles. The third-order valence-corrected chi connectivity index (χ3v) is 5.02. The van der Waals surface area contributed by atoms with Crippen LogP contribution in [0.2, 0.25) is 0 Å². The Labute approximate surface area is 174 Å². The minimum Gasteiger partial charge on any atom is -0.479 e. The molecule has 2 amide bonds. The van der Waals surface area contributed by atoms with E-state index in [-0.39, 0.29) is 17.7 Å². The van der Waals surface area contributed by atoms with Crippen molar-refractivity contribution in [1.29, 1.82) is 0 Å². The number of carboxylic acids is 1. The van der Waals surface area contributed by atoms with Crippen LogP contribution < -0.4 is 11.2 Å². The summed E-state index contributed by atoms with van der Waals surface area (Å²) in [7, 11) is 0. The number of carboxylic acid groups (broad SMARTS) is 1. The van der Waals surface area contributed by atoms with E-state index in [1.54, 1.807) is 43.0 Å². The monoisotopic (exact) mass is 420 g/mol. The molecule has 0 saturated carbocycles. The Morgan fingerprint density at radius 2 is 1.93 bits per heavy atom. The Hall–Kier alpha value is -2.98. The van der Waals surface area contributed by atoms with Crippen molar-refractivity contribution < 1.29 is 29.2 Å². The highest BCUT2D eigenvalue weighted by molar-refractivity contribution is 5.98. The minimum absolute atomic E-state index is 0.136. The zero-order chi connectivity index (χ0) is 22.1. The Morgan fingerprint density at radius 3 is 2.47 bits per heavy atom. The number of carbonyl (C=O) groups excluding carboxylic acids is 2. The van der Waals surface area contributed by atoms with Crippen LogP contribution in [0.1, 0.15) is 42.6 Å². The first-order valence-electron chi connectivity index (χ1n) is 9.80. The van der Waals surface area contributed by atoms with Crippen LogP contribution in [0, 0.1) is 5.92 Å². The summed E-state index contributed by atoms with van der Waals surface area (Å²) in [5, 5.41) is 15.5. The molecule has 0 bridgehead atoms. The van der Waals surface area contributed by atoms with Crippen molar-refractivity contribution in [3.05, 3.63) is 35.4 Å². The van der Waals surface area contributed by atoms with Gasteiger partial charge in [-0.25, -0.2) is 4.79 Å². The van der Waals surface area contributed by atoms with Crippen molar-refractivity contribution in [1.82, 2.24) is 10.2 Å². The van der Waals surface area contributed by atoms with Crippen LogP contribution >= 0.6 is 0 Å². The number of hydrogen-bond donors (Lipinski definition) is 3. The van der Waals surface area contributed by atoms with E-state index in [1.807, 2.05) is 0 Å². The van der Waals surface area contributed by atoms with Gasteiger partial charge in [0.1, 0.15) is 6.04 Å². The van der Waals surface area contributed by atoms with Crippen LogP contribution in [0.3, 0.4) is 0 Å². The average Bonchev–Trinajstić information content (AvgIpc) is 2.75. The summed E-state index contributed by atoms with van der Waals surface area (Å²) in [5.74, 6) is 3.14. The van der Waals surface area contributed by atoms with Crippen molar-refractivity contribution >= 4 is 24.0 Å². The van der Waals surface area contributed by atoms with Gasteiger partial charge in [-0.1, -0.05) is 17.3 Å². The fraction of sp³-hybridized carbons (Fsp3) is 0.500. The molecule has 1 aromatic rings. The SMILES string of the molecule is CCOC(C(=O)O)C1CCN(C(=O)C(C)NC(=O)c2ccc(/C=N\ON)cc2)CC1. The van der Waals surface area contributed by atoms with Gasteiger partial charge in [0.05, 0.1) is 6.21 Å². The molecule has 2 atom stereocenters. The first-order valence-corrected chi connectivity index (χ1v) is 9.80. The van der Waals surface area contributed by atoms with Crippen LogP contribution in [-0.4, -0.2) is 65.8 Å². The van der Waals surface area contributed by atoms with E-state index in [9.17, 15) is 19.5 Å². The van der Waals surface area contributed by atoms with Gasteiger partial charge in [0.15, 0.2) is 6.10 Å². The molecule has 0 spiro atoms. The lowest BCUT2D eigenvalue weighted by Gasteiger charge is -2.35. The van der Waals surface area contributed by atoms with E-state index in [0.29, 0.717) is 43.7 Å². The lowest BCUT2D eigenvalue weighted by molar-refractivity contribution is -0.155. The van der Waals surface area contributed by atoms with Crippen LogP contribution in [0.25, 0.3) is 0 Å². The van der Waals surface area contributed by atoms with E-state index in [2.05, 4.69) is 15.4 Å². The molecular formula is C20H28N4O6. The summed E-state index contributed by atoms with van der Waals surface area (Å²) < 4.78 is 5.34. The summed E-state index contributed by atoms with van der Waals surface area (Å²) in [6.07, 6.45) is 1.63. The maximum Gasteiger partial charge on any atom is 0.333 e. The van der Waals surface area contributed by atoms with Crippen LogP contribution in [-0.2, 0) is 19.3 Å². The number of nitrogens with zero attached hydrogens (tertiary/aromatic N) is 2. The zero-order valence-corrected chi connectivity index (χ0v) is 17.1. The molecule has 10 nitrogen and oxygen atoms in total. The Balaban J connectivity index is 1.88. The van der Waals surface area contributed by atoms with Gasteiger partial charge in [0.25, 0.3) is 5.91 Å². The number of ether oxygens (including phenoxy) is 1. The molecule has 1 aliphatic rings. The van der Waals surface area contributed by atoms with E-state index in [4.69, 9.17) is 10.6 Å². The van der Waals surface area contributed by atoms with Crippen molar-refractivity contribution in [2.45, 2.75) is 38.8 Å². The van der Waals surface area contributed by atoms with E-state index >= 15 is 0 Å². The zero-order valence-electron chi connectivity index (χ0n) is 17.1. The Morgan fingerprint density at radius 1 is 1.30 bits per heavy atom. The normalized spacial score (nSPS) is 16.8. The molecule has 1 saturated heterocycles. The average molecular weight is 420 g/mol. The van der Waals surface area contributed by atoms with E-state index in [0.717, 1.165) is 0 Å². The van der Waals surface area contributed by atoms with Gasteiger partial charge in [-0.2, -0.15) is 0 Å². The summed E-state index contributed by atoms with van der Waals surface area (Å²) in [5.41, 5.74) is 1.11. The molecule has 0 aromatic heterocycles. The minimum atomic E-state index is -0.977. The summed E-state index contributed by atoms with van der Waals surface area (Å²) >= 11 is 0. The highest BCUT2D eigenvalue weighted by Crippen LogP contribution is 2.23. The fourth-order valence-electron chi connectivity index (χ4n) is 3.44. The Kier molecular flexibility index (Phi) is 8.75. The first kappa shape index (κ1) is 23.3. The topological polar surface area (TPSA) is 144 Å². The van der Waals surface area contributed by atoms with E-state index < -0.39 is 18.1 Å². The molecule has 1 aliphatic heterocycles. The quantitative estimate of drug-likeness (QED) is 0.395. The van der Waals surface area contributed by atoms with Gasteiger partial charge in [0, 0.05) is 25.3 Å². The van der Waals surface area contributed by atoms with Gasteiger partial charge in [-0.3, -0.25) is 9.59 Å². The van der Waals surface area contributed by atoms with Crippen LogP contribution in [0.5, 0.6) is 0 Å². The Bertz CT molecular complexity index is 759. The van der Waals surface area contributed by atoms with Crippen LogP contribution in [0.4, 0.5) is 0 Å². The highest BCUT2D eigenvalue weighted by atomic mass is 16.7.